The summed E-state index contributed by atoms with van der Waals surface area (Å²) < 4.78 is 4.62. The zero-order chi connectivity index (χ0) is 11.1. The van der Waals surface area contributed by atoms with E-state index in [0.717, 1.165) is 5.56 Å². The molecule has 1 aromatic rings. The van der Waals surface area contributed by atoms with E-state index < -0.39 is 6.09 Å². The molecule has 0 radical (unpaired) electrons. The Morgan fingerprint density at radius 2 is 2.00 bits per heavy atom. The first-order valence-electron chi connectivity index (χ1n) is 4.82. The molecule has 1 rings (SSSR count). The largest absolute Gasteiger partial charge is 0.448 e. The van der Waals surface area contributed by atoms with Crippen molar-refractivity contribution in [1.82, 2.24) is 5.48 Å². The highest BCUT2D eigenvalue weighted by Gasteiger charge is 1.99. The molecule has 1 N–H and O–H groups in total. The minimum Gasteiger partial charge on any atom is -0.448 e. The number of hydrogen-bond donors (Lipinski definition) is 1. The van der Waals surface area contributed by atoms with Crippen LogP contribution in [0.1, 0.15) is 18.1 Å². The summed E-state index contributed by atoms with van der Waals surface area (Å²) in [5, 5.41) is 0. The van der Waals surface area contributed by atoms with Gasteiger partial charge in [0.1, 0.15) is 0 Å². The smallest absolute Gasteiger partial charge is 0.431 e. The monoisotopic (exact) mass is 209 g/mol. The van der Waals surface area contributed by atoms with Crippen molar-refractivity contribution in [3.63, 3.8) is 0 Å². The average molecular weight is 209 g/mol. The Morgan fingerprint density at radius 3 is 2.60 bits per heavy atom. The summed E-state index contributed by atoms with van der Waals surface area (Å²) >= 11 is 0. The highest BCUT2D eigenvalue weighted by molar-refractivity contribution is 5.65. The van der Waals surface area contributed by atoms with Crippen LogP contribution in [0.25, 0.3) is 0 Å². The van der Waals surface area contributed by atoms with Crippen molar-refractivity contribution in [1.29, 1.82) is 0 Å². The number of ether oxygens (including phenoxy) is 1. The Hall–Kier alpha value is -1.55. The van der Waals surface area contributed by atoms with Crippen LogP contribution in [-0.4, -0.2) is 12.7 Å². The van der Waals surface area contributed by atoms with E-state index in [-0.39, 0.29) is 0 Å². The lowest BCUT2D eigenvalue weighted by Gasteiger charge is -2.05. The molecule has 15 heavy (non-hydrogen) atoms. The van der Waals surface area contributed by atoms with Crippen LogP contribution in [0, 0.1) is 6.92 Å². The summed E-state index contributed by atoms with van der Waals surface area (Å²) in [6, 6.07) is 7.87. The maximum atomic E-state index is 10.8. The molecular weight excluding hydrogens is 194 g/mol. The molecule has 0 heterocycles. The number of carbonyl (C=O) groups is 1. The van der Waals surface area contributed by atoms with Gasteiger partial charge >= 0.3 is 6.09 Å². The molecular formula is C11H15NO3. The van der Waals surface area contributed by atoms with Crippen molar-refractivity contribution < 1.29 is 14.4 Å². The number of rotatable bonds is 4. The van der Waals surface area contributed by atoms with Crippen LogP contribution in [-0.2, 0) is 16.2 Å². The van der Waals surface area contributed by atoms with Gasteiger partial charge in [0.15, 0.2) is 0 Å². The van der Waals surface area contributed by atoms with Crippen LogP contribution in [0.4, 0.5) is 4.79 Å². The van der Waals surface area contributed by atoms with E-state index in [2.05, 4.69) is 10.2 Å². The zero-order valence-corrected chi connectivity index (χ0v) is 8.95. The van der Waals surface area contributed by atoms with Gasteiger partial charge in [-0.25, -0.2) is 4.79 Å². The van der Waals surface area contributed by atoms with E-state index >= 15 is 0 Å². The second kappa shape index (κ2) is 6.03. The standard InChI is InChI=1S/C11H15NO3/c1-3-14-11(13)12-15-8-10-6-4-9(2)5-7-10/h4-7H,3,8H2,1-2H3,(H,12,13). The number of hydrogen-bond acceptors (Lipinski definition) is 3. The van der Waals surface area contributed by atoms with E-state index in [0.29, 0.717) is 13.2 Å². The van der Waals surface area contributed by atoms with Crippen LogP contribution >= 0.6 is 0 Å². The van der Waals surface area contributed by atoms with Crippen molar-refractivity contribution in [2.24, 2.45) is 0 Å². The lowest BCUT2D eigenvalue weighted by molar-refractivity contribution is 0.0199. The van der Waals surface area contributed by atoms with Gasteiger partial charge in [-0.15, -0.1) is 0 Å². The molecule has 0 bridgehead atoms. The molecule has 0 aliphatic rings. The molecule has 4 nitrogen and oxygen atoms in total. The fourth-order valence-corrected chi connectivity index (χ4v) is 1.02. The summed E-state index contributed by atoms with van der Waals surface area (Å²) in [7, 11) is 0. The molecule has 0 atom stereocenters. The second-order valence-electron chi connectivity index (χ2n) is 3.10. The quantitative estimate of drug-likeness (QED) is 0.773. The Kier molecular flexibility index (Phi) is 4.63. The van der Waals surface area contributed by atoms with Crippen LogP contribution < -0.4 is 5.48 Å². The van der Waals surface area contributed by atoms with E-state index in [1.165, 1.54) is 5.56 Å². The van der Waals surface area contributed by atoms with Crippen molar-refractivity contribution in [3.05, 3.63) is 35.4 Å². The van der Waals surface area contributed by atoms with Crippen molar-refractivity contribution in [3.8, 4) is 0 Å². The number of benzene rings is 1. The SMILES string of the molecule is CCOC(=O)NOCc1ccc(C)cc1. The lowest BCUT2D eigenvalue weighted by Crippen LogP contribution is -2.24. The predicted molar refractivity (Wildman–Crippen MR) is 56.1 cm³/mol. The van der Waals surface area contributed by atoms with Crippen molar-refractivity contribution in [2.75, 3.05) is 6.61 Å². The zero-order valence-electron chi connectivity index (χ0n) is 8.95. The number of hydroxylamine groups is 1. The van der Waals surface area contributed by atoms with Crippen LogP contribution in [0.5, 0.6) is 0 Å². The minimum atomic E-state index is -0.565. The summed E-state index contributed by atoms with van der Waals surface area (Å²) in [4.78, 5) is 15.8. The Labute approximate surface area is 89.1 Å². The summed E-state index contributed by atoms with van der Waals surface area (Å²) in [6.07, 6.45) is -0.565. The van der Waals surface area contributed by atoms with Gasteiger partial charge in [0.05, 0.1) is 13.2 Å². The Morgan fingerprint density at radius 1 is 1.33 bits per heavy atom. The average Bonchev–Trinajstić information content (AvgIpc) is 2.21. The normalized spacial score (nSPS) is 9.73. The molecule has 1 aromatic carbocycles. The maximum absolute atomic E-state index is 10.8. The van der Waals surface area contributed by atoms with Gasteiger partial charge in [-0.1, -0.05) is 29.8 Å². The van der Waals surface area contributed by atoms with E-state index in [9.17, 15) is 4.79 Å². The minimum absolute atomic E-state index is 0.332. The summed E-state index contributed by atoms with van der Waals surface area (Å²) in [6.45, 7) is 4.42. The van der Waals surface area contributed by atoms with E-state index in [4.69, 9.17) is 4.84 Å². The van der Waals surface area contributed by atoms with Gasteiger partial charge in [-0.3, -0.25) is 4.84 Å². The first kappa shape index (κ1) is 11.5. The fourth-order valence-electron chi connectivity index (χ4n) is 1.02. The van der Waals surface area contributed by atoms with Crippen molar-refractivity contribution in [2.45, 2.75) is 20.5 Å². The molecule has 0 spiro atoms. The number of aryl methyl sites for hydroxylation is 1. The third kappa shape index (κ3) is 4.46. The van der Waals surface area contributed by atoms with Gasteiger partial charge in [0.2, 0.25) is 0 Å². The summed E-state index contributed by atoms with van der Waals surface area (Å²) in [5.74, 6) is 0. The Bertz CT molecular complexity index is 308. The van der Waals surface area contributed by atoms with E-state index in [1.54, 1.807) is 6.92 Å². The van der Waals surface area contributed by atoms with Crippen LogP contribution in [0.2, 0.25) is 0 Å². The molecule has 0 aliphatic heterocycles. The van der Waals surface area contributed by atoms with Gasteiger partial charge in [-0.05, 0) is 19.4 Å². The lowest BCUT2D eigenvalue weighted by atomic mass is 10.2. The maximum Gasteiger partial charge on any atom is 0.431 e. The van der Waals surface area contributed by atoms with Crippen molar-refractivity contribution >= 4 is 6.09 Å². The summed E-state index contributed by atoms with van der Waals surface area (Å²) in [5.41, 5.74) is 4.37. The highest BCUT2D eigenvalue weighted by atomic mass is 16.7. The van der Waals surface area contributed by atoms with Gasteiger partial charge in [0.25, 0.3) is 0 Å². The van der Waals surface area contributed by atoms with E-state index in [1.807, 2.05) is 31.2 Å². The van der Waals surface area contributed by atoms with Crippen LogP contribution in [0.15, 0.2) is 24.3 Å². The molecule has 0 aliphatic carbocycles. The third-order valence-electron chi connectivity index (χ3n) is 1.79. The first-order chi connectivity index (χ1) is 7.22. The van der Waals surface area contributed by atoms with Gasteiger partial charge in [0, 0.05) is 0 Å². The number of nitrogens with one attached hydrogen (secondary N) is 1. The molecule has 82 valence electrons. The molecule has 0 saturated heterocycles. The molecule has 1 amide bonds. The number of carbonyl (C=O) groups excluding carboxylic acids is 1. The Balaban J connectivity index is 2.26. The van der Waals surface area contributed by atoms with Gasteiger partial charge < -0.3 is 4.74 Å². The fraction of sp³-hybridized carbons (Fsp3) is 0.364. The predicted octanol–water partition coefficient (Wildman–Crippen LogP) is 2.17. The molecule has 4 heteroatoms. The first-order valence-corrected chi connectivity index (χ1v) is 4.82. The van der Waals surface area contributed by atoms with Crippen LogP contribution in [0.3, 0.4) is 0 Å². The molecule has 0 saturated carbocycles. The second-order valence-corrected chi connectivity index (χ2v) is 3.10. The molecule has 0 fully saturated rings. The highest BCUT2D eigenvalue weighted by Crippen LogP contribution is 2.03. The molecule has 0 unspecified atom stereocenters. The third-order valence-corrected chi connectivity index (χ3v) is 1.79. The van der Waals surface area contributed by atoms with Gasteiger partial charge in [-0.2, -0.15) is 5.48 Å². The molecule has 0 aromatic heterocycles. The topological polar surface area (TPSA) is 47.6 Å². The number of amides is 1.